The third-order valence-electron chi connectivity index (χ3n) is 5.22. The van der Waals surface area contributed by atoms with Gasteiger partial charge in [0.25, 0.3) is 0 Å². The molecule has 0 saturated heterocycles. The molecule has 0 amide bonds. The van der Waals surface area contributed by atoms with Crippen LogP contribution in [0.3, 0.4) is 0 Å². The maximum atomic E-state index is 13.6. The molecule has 0 radical (unpaired) electrons. The number of aromatic nitrogens is 4. The highest BCUT2D eigenvalue weighted by Crippen LogP contribution is 2.18. The molecule has 0 spiro atoms. The van der Waals surface area contributed by atoms with E-state index in [1.54, 1.807) is 49.4 Å². The zero-order valence-corrected chi connectivity index (χ0v) is 21.1. The van der Waals surface area contributed by atoms with E-state index >= 15 is 0 Å². The number of esters is 1. The minimum Gasteiger partial charge on any atom is -0.481 e. The molecule has 0 atom stereocenters. The molecule has 0 saturated carbocycles. The second kappa shape index (κ2) is 13.0. The molecule has 0 aliphatic heterocycles. The molecule has 2 heterocycles. The van der Waals surface area contributed by atoms with Crippen molar-refractivity contribution in [2.24, 2.45) is 5.73 Å². The van der Waals surface area contributed by atoms with Crippen molar-refractivity contribution in [3.63, 3.8) is 0 Å². The van der Waals surface area contributed by atoms with Crippen molar-refractivity contribution in [2.75, 3.05) is 20.8 Å². The van der Waals surface area contributed by atoms with Gasteiger partial charge in [-0.05, 0) is 19.1 Å². The molecular formula is C26H28F2N6O4. The van der Waals surface area contributed by atoms with Crippen LogP contribution in [0.15, 0.2) is 60.7 Å². The largest absolute Gasteiger partial charge is 0.481 e. The number of nitrogens with zero attached hydrogens (tertiary/aromatic N) is 4. The molecule has 0 fully saturated rings. The highest BCUT2D eigenvalue weighted by molar-refractivity contribution is 5.93. The van der Waals surface area contributed by atoms with Crippen molar-refractivity contribution in [1.82, 2.24) is 19.6 Å². The maximum Gasteiger partial charge on any atom is 0.358 e. The van der Waals surface area contributed by atoms with Gasteiger partial charge in [-0.1, -0.05) is 36.4 Å². The van der Waals surface area contributed by atoms with Crippen LogP contribution < -0.4 is 15.2 Å². The first-order valence-electron chi connectivity index (χ1n) is 11.5. The lowest BCUT2D eigenvalue weighted by Gasteiger charge is -2.06. The maximum absolute atomic E-state index is 13.6. The first kappa shape index (κ1) is 27.8. The van der Waals surface area contributed by atoms with Crippen LogP contribution in [0.5, 0.6) is 11.8 Å². The fourth-order valence-corrected chi connectivity index (χ4v) is 3.37. The van der Waals surface area contributed by atoms with Gasteiger partial charge in [0.1, 0.15) is 23.2 Å². The number of carbonyl (C=O) groups is 1. The quantitative estimate of drug-likeness (QED) is 0.194. The Kier molecular flexibility index (Phi) is 9.52. The Morgan fingerprint density at radius 3 is 1.74 bits per heavy atom. The Balaban J connectivity index is 0.000000212. The topological polar surface area (TPSA) is 130 Å². The fourth-order valence-electron chi connectivity index (χ4n) is 3.37. The first-order chi connectivity index (χ1) is 18.3. The second-order valence-electron chi connectivity index (χ2n) is 7.78. The van der Waals surface area contributed by atoms with Gasteiger partial charge in [-0.3, -0.25) is 5.41 Å². The summed E-state index contributed by atoms with van der Waals surface area (Å²) >= 11 is 0. The summed E-state index contributed by atoms with van der Waals surface area (Å²) in [6.07, 6.45) is 0. The molecule has 200 valence electrons. The van der Waals surface area contributed by atoms with Gasteiger partial charge in [0, 0.05) is 23.3 Å². The second-order valence-corrected chi connectivity index (χ2v) is 7.78. The predicted octanol–water partition coefficient (Wildman–Crippen LogP) is 3.62. The van der Waals surface area contributed by atoms with Crippen molar-refractivity contribution < 1.29 is 27.8 Å². The Bertz CT molecular complexity index is 1400. The standard InChI is InChI=1S/C14H15FN2O3.C12H13FN4O/c1-3-20-14(18)12-8-13(19-2)17(16-12)9-10-6-4-5-7-11(10)15;1-18-11-6-10(12(14)15)16-17(11)7-8-4-2-3-5-9(8)13/h4-8H,3,9H2,1-2H3;2-6H,7H2,1H3,(H3,14,15). The van der Waals surface area contributed by atoms with Crippen molar-refractivity contribution in [2.45, 2.75) is 20.0 Å². The predicted molar refractivity (Wildman–Crippen MR) is 136 cm³/mol. The number of rotatable bonds is 9. The molecule has 0 bridgehead atoms. The molecule has 0 unspecified atom stereocenters. The van der Waals surface area contributed by atoms with Crippen LogP contribution in [0.1, 0.15) is 34.2 Å². The summed E-state index contributed by atoms with van der Waals surface area (Å²) in [7, 11) is 2.95. The van der Waals surface area contributed by atoms with Crippen LogP contribution in [0.4, 0.5) is 8.78 Å². The van der Waals surface area contributed by atoms with Crippen LogP contribution in [0.25, 0.3) is 0 Å². The first-order valence-corrected chi connectivity index (χ1v) is 11.5. The number of ether oxygens (including phenoxy) is 3. The Labute approximate surface area is 218 Å². The van der Waals surface area contributed by atoms with Gasteiger partial charge < -0.3 is 19.9 Å². The van der Waals surface area contributed by atoms with E-state index in [2.05, 4.69) is 10.2 Å². The summed E-state index contributed by atoms with van der Waals surface area (Å²) in [5, 5.41) is 15.5. The van der Waals surface area contributed by atoms with Crippen LogP contribution >= 0.6 is 0 Å². The van der Waals surface area contributed by atoms with Gasteiger partial charge >= 0.3 is 5.97 Å². The van der Waals surface area contributed by atoms with Gasteiger partial charge in [-0.25, -0.2) is 22.9 Å². The van der Waals surface area contributed by atoms with Gasteiger partial charge in [0.2, 0.25) is 11.8 Å². The third-order valence-corrected chi connectivity index (χ3v) is 5.22. The highest BCUT2D eigenvalue weighted by Gasteiger charge is 2.17. The number of halogens is 2. The molecule has 4 rings (SSSR count). The van der Waals surface area contributed by atoms with Crippen LogP contribution in [0.2, 0.25) is 0 Å². The summed E-state index contributed by atoms with van der Waals surface area (Å²) in [5.74, 6) is -0.513. The summed E-state index contributed by atoms with van der Waals surface area (Å²) < 4.78 is 45.2. The van der Waals surface area contributed by atoms with E-state index in [1.807, 2.05) is 0 Å². The third kappa shape index (κ3) is 6.93. The Morgan fingerprint density at radius 2 is 1.32 bits per heavy atom. The molecule has 2 aromatic heterocycles. The number of nitrogens with two attached hydrogens (primary N) is 1. The number of nitrogens with one attached hydrogen (secondary N) is 1. The number of benzene rings is 2. The summed E-state index contributed by atoms with van der Waals surface area (Å²) in [6, 6.07) is 15.8. The number of methoxy groups -OCH3 is 2. The van der Waals surface area contributed by atoms with Gasteiger partial charge in [0.15, 0.2) is 5.69 Å². The van der Waals surface area contributed by atoms with E-state index in [-0.39, 0.29) is 42.9 Å². The average molecular weight is 527 g/mol. The lowest BCUT2D eigenvalue weighted by Crippen LogP contribution is -2.13. The molecule has 3 N–H and O–H groups in total. The molecule has 4 aromatic rings. The number of nitrogen functional groups attached to an aromatic ring is 1. The zero-order chi connectivity index (χ0) is 27.7. The molecule has 10 nitrogen and oxygen atoms in total. The van der Waals surface area contributed by atoms with Crippen molar-refractivity contribution >= 4 is 11.8 Å². The number of amidine groups is 1. The average Bonchev–Trinajstić information content (AvgIpc) is 3.51. The molecule has 38 heavy (non-hydrogen) atoms. The van der Waals surface area contributed by atoms with E-state index in [0.717, 1.165) is 0 Å². The Hall–Kier alpha value is -4.74. The lowest BCUT2D eigenvalue weighted by molar-refractivity contribution is 0.0518. The monoisotopic (exact) mass is 526 g/mol. The van der Waals surface area contributed by atoms with E-state index in [9.17, 15) is 13.6 Å². The molecule has 2 aromatic carbocycles. The van der Waals surface area contributed by atoms with Crippen molar-refractivity contribution in [3.05, 3.63) is 94.8 Å². The highest BCUT2D eigenvalue weighted by atomic mass is 19.1. The lowest BCUT2D eigenvalue weighted by atomic mass is 10.2. The van der Waals surface area contributed by atoms with E-state index in [0.29, 0.717) is 28.6 Å². The Morgan fingerprint density at radius 1 is 0.868 bits per heavy atom. The van der Waals surface area contributed by atoms with E-state index < -0.39 is 5.97 Å². The SMILES string of the molecule is CCOC(=O)c1cc(OC)n(Cc2ccccc2F)n1.COc1cc(C(=N)N)nn1Cc1ccccc1F. The number of hydrogen-bond acceptors (Lipinski definition) is 7. The molecule has 0 aliphatic carbocycles. The fraction of sp³-hybridized carbons (Fsp3) is 0.231. The molecular weight excluding hydrogens is 498 g/mol. The summed E-state index contributed by atoms with van der Waals surface area (Å²) in [5.41, 5.74) is 6.76. The van der Waals surface area contributed by atoms with Crippen molar-refractivity contribution in [1.29, 1.82) is 5.41 Å². The van der Waals surface area contributed by atoms with Crippen LogP contribution in [-0.2, 0) is 17.8 Å². The number of hydrogen-bond donors (Lipinski definition) is 2. The summed E-state index contributed by atoms with van der Waals surface area (Å²) in [4.78, 5) is 11.6. The normalized spacial score (nSPS) is 10.3. The number of carbonyl (C=O) groups excluding carboxylic acids is 1. The molecule has 12 heteroatoms. The van der Waals surface area contributed by atoms with Gasteiger partial charge in [0.05, 0.1) is 33.9 Å². The smallest absolute Gasteiger partial charge is 0.358 e. The van der Waals surface area contributed by atoms with E-state index in [1.165, 1.54) is 41.8 Å². The summed E-state index contributed by atoms with van der Waals surface area (Å²) in [6.45, 7) is 2.38. The van der Waals surface area contributed by atoms with Gasteiger partial charge in [-0.2, -0.15) is 10.2 Å². The van der Waals surface area contributed by atoms with Crippen LogP contribution in [0, 0.1) is 17.0 Å². The minimum absolute atomic E-state index is 0.139. The zero-order valence-electron chi connectivity index (χ0n) is 21.1. The van der Waals surface area contributed by atoms with Crippen molar-refractivity contribution in [3.8, 4) is 11.8 Å². The van der Waals surface area contributed by atoms with Crippen LogP contribution in [-0.4, -0.2) is 52.2 Å². The minimum atomic E-state index is -0.530. The van der Waals surface area contributed by atoms with E-state index in [4.69, 9.17) is 25.4 Å². The van der Waals surface area contributed by atoms with Gasteiger partial charge in [-0.15, -0.1) is 0 Å². The molecule has 0 aliphatic rings.